The third-order valence-corrected chi connectivity index (χ3v) is 6.71. The van der Waals surface area contributed by atoms with Gasteiger partial charge in [-0.05, 0) is 36.0 Å². The first-order valence-corrected chi connectivity index (χ1v) is 11.5. The number of nitrogens with zero attached hydrogens (tertiary/aromatic N) is 3. The summed E-state index contributed by atoms with van der Waals surface area (Å²) in [6, 6.07) is 12.6. The van der Waals surface area contributed by atoms with Crippen LogP contribution in [0, 0.1) is 17.2 Å². The molecule has 3 nitrogen and oxygen atoms in total. The second-order valence-corrected chi connectivity index (χ2v) is 9.60. The molecule has 29 heavy (non-hydrogen) atoms. The predicted molar refractivity (Wildman–Crippen MR) is 125 cm³/mol. The van der Waals surface area contributed by atoms with E-state index in [0.717, 1.165) is 29.4 Å². The maximum absolute atomic E-state index is 9.13. The van der Waals surface area contributed by atoms with Crippen LogP contribution in [0.4, 0.5) is 5.13 Å². The van der Waals surface area contributed by atoms with Gasteiger partial charge in [0.1, 0.15) is 0 Å². The molecule has 1 heterocycles. The van der Waals surface area contributed by atoms with Crippen LogP contribution in [0.1, 0.15) is 42.8 Å². The molecule has 1 aromatic heterocycles. The number of nitriles is 1. The summed E-state index contributed by atoms with van der Waals surface area (Å²) in [5, 5.41) is 10.6. The van der Waals surface area contributed by atoms with Gasteiger partial charge in [0, 0.05) is 23.0 Å². The molecule has 0 saturated carbocycles. The van der Waals surface area contributed by atoms with Gasteiger partial charge in [0.15, 0.2) is 5.13 Å². The molecule has 0 bridgehead atoms. The average Bonchev–Trinajstić information content (AvgIpc) is 3.11. The normalized spacial score (nSPS) is 16.3. The van der Waals surface area contributed by atoms with Crippen molar-refractivity contribution in [2.45, 2.75) is 45.0 Å². The lowest BCUT2D eigenvalue weighted by atomic mass is 10.0. The number of benzene rings is 1. The standard InChI is InChI=1S/C23H25Cl2N3S/c1-16(2)13-21-22(18-9-10-19(24)20(25)14-18)27-23(29-21)28(12-6-11-26)15-17-7-4-3-5-8-17/h3-5,7-9,14,16,19H,6,10,12-13,15H2,1-2H3. The van der Waals surface area contributed by atoms with E-state index in [-0.39, 0.29) is 5.38 Å². The molecule has 1 aliphatic rings. The molecule has 0 spiro atoms. The van der Waals surface area contributed by atoms with Crippen molar-refractivity contribution < 1.29 is 0 Å². The summed E-state index contributed by atoms with van der Waals surface area (Å²) in [7, 11) is 0. The smallest absolute Gasteiger partial charge is 0.186 e. The molecule has 0 fully saturated rings. The monoisotopic (exact) mass is 445 g/mol. The van der Waals surface area contributed by atoms with E-state index < -0.39 is 0 Å². The molecule has 0 radical (unpaired) electrons. The first-order chi connectivity index (χ1) is 14.0. The summed E-state index contributed by atoms with van der Waals surface area (Å²) >= 11 is 14.3. The van der Waals surface area contributed by atoms with E-state index in [0.29, 0.717) is 30.3 Å². The van der Waals surface area contributed by atoms with Gasteiger partial charge < -0.3 is 4.90 Å². The quantitative estimate of drug-likeness (QED) is 0.420. The molecule has 0 amide bonds. The zero-order chi connectivity index (χ0) is 20.8. The Bertz CT molecular complexity index is 925. The van der Waals surface area contributed by atoms with E-state index in [1.807, 2.05) is 24.3 Å². The van der Waals surface area contributed by atoms with Crippen LogP contribution in [-0.4, -0.2) is 16.9 Å². The van der Waals surface area contributed by atoms with Crippen LogP contribution in [0.2, 0.25) is 0 Å². The van der Waals surface area contributed by atoms with Crippen LogP contribution in [-0.2, 0) is 13.0 Å². The fourth-order valence-electron chi connectivity index (χ4n) is 3.25. The van der Waals surface area contributed by atoms with Gasteiger partial charge in [-0.15, -0.1) is 22.9 Å². The first kappa shape index (κ1) is 21.9. The van der Waals surface area contributed by atoms with E-state index in [2.05, 4.69) is 43.0 Å². The minimum atomic E-state index is -0.155. The molecule has 1 aliphatic carbocycles. The molecule has 1 unspecified atom stereocenters. The van der Waals surface area contributed by atoms with Crippen molar-refractivity contribution >= 4 is 45.2 Å². The number of hydrogen-bond donors (Lipinski definition) is 0. The van der Waals surface area contributed by atoms with E-state index >= 15 is 0 Å². The fourth-order valence-corrected chi connectivity index (χ4v) is 4.92. The van der Waals surface area contributed by atoms with Crippen molar-refractivity contribution in [3.05, 3.63) is 63.7 Å². The third-order valence-electron chi connectivity index (χ3n) is 4.67. The summed E-state index contributed by atoms with van der Waals surface area (Å²) in [6.07, 6.45) is 6.20. The Morgan fingerprint density at radius 2 is 2.07 bits per heavy atom. The zero-order valence-corrected chi connectivity index (χ0v) is 19.1. The summed E-state index contributed by atoms with van der Waals surface area (Å²) < 4.78 is 0. The van der Waals surface area contributed by atoms with Crippen molar-refractivity contribution in [3.63, 3.8) is 0 Å². The SMILES string of the molecule is CC(C)Cc1sc(N(CCC#N)Cc2ccccc2)nc1C1=CCC(Cl)C(Cl)=C1. The summed E-state index contributed by atoms with van der Waals surface area (Å²) in [4.78, 5) is 8.47. The molecule has 0 aliphatic heterocycles. The van der Waals surface area contributed by atoms with Gasteiger partial charge in [-0.2, -0.15) is 5.26 Å². The Balaban J connectivity index is 1.96. The fraction of sp³-hybridized carbons (Fsp3) is 0.391. The number of aromatic nitrogens is 1. The number of anilines is 1. The molecule has 0 saturated heterocycles. The lowest BCUT2D eigenvalue weighted by Crippen LogP contribution is -2.23. The van der Waals surface area contributed by atoms with E-state index in [1.54, 1.807) is 11.3 Å². The predicted octanol–water partition coefficient (Wildman–Crippen LogP) is 6.78. The van der Waals surface area contributed by atoms with Crippen LogP contribution in [0.15, 0.2) is 47.5 Å². The molecule has 3 rings (SSSR count). The van der Waals surface area contributed by atoms with Gasteiger partial charge in [0.05, 0.1) is 23.6 Å². The molecule has 152 valence electrons. The molecule has 2 aromatic rings. The first-order valence-electron chi connectivity index (χ1n) is 9.85. The highest BCUT2D eigenvalue weighted by Crippen LogP contribution is 2.37. The summed E-state index contributed by atoms with van der Waals surface area (Å²) in [6.45, 7) is 5.82. The maximum atomic E-state index is 9.13. The van der Waals surface area contributed by atoms with E-state index in [1.165, 1.54) is 10.4 Å². The third kappa shape index (κ3) is 5.85. The minimum absolute atomic E-state index is 0.155. The van der Waals surface area contributed by atoms with Gasteiger partial charge >= 0.3 is 0 Å². The molecular formula is C23H25Cl2N3S. The number of allylic oxidation sites excluding steroid dienone is 4. The zero-order valence-electron chi connectivity index (χ0n) is 16.7. The molecule has 1 atom stereocenters. The van der Waals surface area contributed by atoms with Crippen LogP contribution < -0.4 is 4.90 Å². The maximum Gasteiger partial charge on any atom is 0.186 e. The number of thiazole rings is 1. The van der Waals surface area contributed by atoms with Gasteiger partial charge in [0.2, 0.25) is 0 Å². The van der Waals surface area contributed by atoms with Crippen molar-refractivity contribution in [1.82, 2.24) is 4.98 Å². The molecule has 1 aromatic carbocycles. The Morgan fingerprint density at radius 3 is 2.72 bits per heavy atom. The molecule has 0 N–H and O–H groups in total. The molecule has 6 heteroatoms. The lowest BCUT2D eigenvalue weighted by molar-refractivity contribution is 0.652. The highest BCUT2D eigenvalue weighted by atomic mass is 35.5. The molecular weight excluding hydrogens is 421 g/mol. The van der Waals surface area contributed by atoms with Crippen molar-refractivity contribution in [1.29, 1.82) is 5.26 Å². The van der Waals surface area contributed by atoms with Crippen molar-refractivity contribution in [2.75, 3.05) is 11.4 Å². The number of alkyl halides is 1. The second-order valence-electron chi connectivity index (χ2n) is 7.57. The van der Waals surface area contributed by atoms with Gasteiger partial charge in [0.25, 0.3) is 0 Å². The second kappa shape index (κ2) is 10.3. The van der Waals surface area contributed by atoms with E-state index in [9.17, 15) is 0 Å². The van der Waals surface area contributed by atoms with Crippen molar-refractivity contribution in [2.24, 2.45) is 5.92 Å². The number of rotatable bonds is 8. The van der Waals surface area contributed by atoms with Crippen molar-refractivity contribution in [3.8, 4) is 6.07 Å². The summed E-state index contributed by atoms with van der Waals surface area (Å²) in [5.74, 6) is 0.521. The Kier molecular flexibility index (Phi) is 7.77. The topological polar surface area (TPSA) is 39.9 Å². The largest absolute Gasteiger partial charge is 0.343 e. The van der Waals surface area contributed by atoms with E-state index in [4.69, 9.17) is 33.4 Å². The Labute approximate surface area is 187 Å². The number of halogens is 2. The van der Waals surface area contributed by atoms with Crippen LogP contribution >= 0.6 is 34.5 Å². The van der Waals surface area contributed by atoms with Gasteiger partial charge in [-0.25, -0.2) is 4.98 Å². The number of hydrogen-bond acceptors (Lipinski definition) is 4. The average molecular weight is 446 g/mol. The summed E-state index contributed by atoms with van der Waals surface area (Å²) in [5.41, 5.74) is 3.25. The van der Waals surface area contributed by atoms with Crippen LogP contribution in [0.25, 0.3) is 5.57 Å². The van der Waals surface area contributed by atoms with Gasteiger partial charge in [-0.1, -0.05) is 61.9 Å². The highest BCUT2D eigenvalue weighted by molar-refractivity contribution is 7.15. The van der Waals surface area contributed by atoms with Crippen LogP contribution in [0.5, 0.6) is 0 Å². The Morgan fingerprint density at radius 1 is 1.31 bits per heavy atom. The Hall–Kier alpha value is -1.80. The lowest BCUT2D eigenvalue weighted by Gasteiger charge is -2.20. The highest BCUT2D eigenvalue weighted by Gasteiger charge is 2.22. The van der Waals surface area contributed by atoms with Gasteiger partial charge in [-0.3, -0.25) is 0 Å². The minimum Gasteiger partial charge on any atom is -0.343 e. The van der Waals surface area contributed by atoms with Crippen LogP contribution in [0.3, 0.4) is 0 Å².